The third-order valence-corrected chi connectivity index (χ3v) is 12.9. The summed E-state index contributed by atoms with van der Waals surface area (Å²) in [6.45, 7) is 0. The summed E-state index contributed by atoms with van der Waals surface area (Å²) in [5, 5.41) is 4.68. The molecule has 0 bridgehead atoms. The SMILES string of the molecule is c1ccc(-c2ccc(-c3ccccc3N(c3cccc(-c4ccc5ccccc5c4)c3)c3cccc(-c4cccc5c4oc4ccccc45)c3)c(-c3ccccc3-c3ccccc3)c2)cc1. The van der Waals surface area contributed by atoms with Gasteiger partial charge in [-0.2, -0.15) is 0 Å². The molecule has 12 rings (SSSR count). The zero-order valence-electron chi connectivity index (χ0n) is 36.2. The maximum atomic E-state index is 6.60. The molecule has 0 spiro atoms. The number of para-hydroxylation sites is 3. The van der Waals surface area contributed by atoms with Crippen LogP contribution >= 0.6 is 0 Å². The second-order valence-electron chi connectivity index (χ2n) is 16.8. The first kappa shape index (κ1) is 38.9. The lowest BCUT2D eigenvalue weighted by atomic mass is 9.86. The fourth-order valence-electron chi connectivity index (χ4n) is 9.70. The van der Waals surface area contributed by atoms with Gasteiger partial charge in [-0.1, -0.05) is 212 Å². The van der Waals surface area contributed by atoms with E-state index in [2.05, 4.69) is 260 Å². The van der Waals surface area contributed by atoms with Crippen LogP contribution in [0.3, 0.4) is 0 Å². The van der Waals surface area contributed by atoms with Crippen LogP contribution in [0.1, 0.15) is 0 Å². The molecule has 310 valence electrons. The third kappa shape index (κ3) is 7.12. The average Bonchev–Trinajstić information content (AvgIpc) is 3.78. The summed E-state index contributed by atoms with van der Waals surface area (Å²) in [6, 6.07) is 94.1. The molecule has 0 unspecified atom stereocenters. The first-order chi connectivity index (χ1) is 32.7. The highest BCUT2D eigenvalue weighted by molar-refractivity contribution is 6.10. The van der Waals surface area contributed by atoms with Crippen molar-refractivity contribution in [1.29, 1.82) is 0 Å². The van der Waals surface area contributed by atoms with Crippen LogP contribution in [0.2, 0.25) is 0 Å². The van der Waals surface area contributed by atoms with Gasteiger partial charge in [0.05, 0.1) is 5.69 Å². The lowest BCUT2D eigenvalue weighted by molar-refractivity contribution is 0.670. The molecule has 2 nitrogen and oxygen atoms in total. The molecule has 66 heavy (non-hydrogen) atoms. The largest absolute Gasteiger partial charge is 0.455 e. The van der Waals surface area contributed by atoms with Gasteiger partial charge in [-0.3, -0.25) is 0 Å². The number of hydrogen-bond donors (Lipinski definition) is 0. The third-order valence-electron chi connectivity index (χ3n) is 12.9. The Labute approximate surface area is 384 Å². The molecule has 0 fully saturated rings. The quantitative estimate of drug-likeness (QED) is 0.144. The van der Waals surface area contributed by atoms with E-state index >= 15 is 0 Å². The van der Waals surface area contributed by atoms with Gasteiger partial charge in [0.1, 0.15) is 11.2 Å². The minimum atomic E-state index is 0.889. The number of benzene rings is 11. The van der Waals surface area contributed by atoms with Crippen molar-refractivity contribution in [3.05, 3.63) is 261 Å². The molecule has 0 atom stereocenters. The first-order valence-corrected chi connectivity index (χ1v) is 22.6. The molecule has 11 aromatic carbocycles. The van der Waals surface area contributed by atoms with Gasteiger partial charge >= 0.3 is 0 Å². The van der Waals surface area contributed by atoms with E-state index in [1.54, 1.807) is 0 Å². The second kappa shape index (κ2) is 16.8. The van der Waals surface area contributed by atoms with E-state index in [4.69, 9.17) is 4.42 Å². The van der Waals surface area contributed by atoms with Crippen molar-refractivity contribution >= 4 is 49.8 Å². The molecule has 0 saturated heterocycles. The van der Waals surface area contributed by atoms with Gasteiger partial charge in [-0.15, -0.1) is 0 Å². The Hall–Kier alpha value is -8.72. The molecule has 0 aliphatic rings. The van der Waals surface area contributed by atoms with Crippen LogP contribution in [0.25, 0.3) is 99.5 Å². The molecule has 1 aromatic heterocycles. The van der Waals surface area contributed by atoms with Crippen LogP contribution in [0.15, 0.2) is 265 Å². The zero-order valence-corrected chi connectivity index (χ0v) is 36.2. The van der Waals surface area contributed by atoms with E-state index in [-0.39, 0.29) is 0 Å². The van der Waals surface area contributed by atoms with Crippen LogP contribution < -0.4 is 4.90 Å². The maximum absolute atomic E-state index is 6.60. The minimum Gasteiger partial charge on any atom is -0.455 e. The summed E-state index contributed by atoms with van der Waals surface area (Å²) in [7, 11) is 0. The average molecular weight is 842 g/mol. The van der Waals surface area contributed by atoms with Gasteiger partial charge < -0.3 is 9.32 Å². The van der Waals surface area contributed by atoms with E-state index < -0.39 is 0 Å². The molecule has 0 amide bonds. The van der Waals surface area contributed by atoms with Gasteiger partial charge in [-0.05, 0) is 115 Å². The zero-order chi connectivity index (χ0) is 43.8. The number of hydrogen-bond acceptors (Lipinski definition) is 2. The van der Waals surface area contributed by atoms with Crippen molar-refractivity contribution in [2.45, 2.75) is 0 Å². The lowest BCUT2D eigenvalue weighted by Gasteiger charge is -2.29. The molecule has 12 aromatic rings. The molecular weight excluding hydrogens is 799 g/mol. The molecule has 2 heteroatoms. The number of nitrogens with zero attached hydrogens (tertiary/aromatic N) is 1. The fourth-order valence-corrected chi connectivity index (χ4v) is 9.70. The lowest BCUT2D eigenvalue weighted by Crippen LogP contribution is -2.11. The predicted molar refractivity (Wildman–Crippen MR) is 279 cm³/mol. The highest BCUT2D eigenvalue weighted by atomic mass is 16.3. The Bertz CT molecular complexity index is 3720. The standard InChI is InChI=1S/C64H43NO/c1-3-18-44(19-4-1)50-38-39-57(61(43-50)56-29-10-9-28-54(56)46-21-5-2-6-22-46)58-30-11-13-34-62(58)65(52-26-15-24-48(41-52)49-37-36-45-20-7-8-23-47(45)40-49)53-27-16-25-51(42-53)55-32-17-33-60-59-31-12-14-35-63(59)66-64(55)60/h1-43H. The normalized spacial score (nSPS) is 11.3. The molecule has 0 N–H and O–H groups in total. The fraction of sp³-hybridized carbons (Fsp3) is 0. The van der Waals surface area contributed by atoms with Gasteiger partial charge in [0.2, 0.25) is 0 Å². The van der Waals surface area contributed by atoms with Crippen LogP contribution in [0.5, 0.6) is 0 Å². The second-order valence-corrected chi connectivity index (χ2v) is 16.8. The molecule has 0 aliphatic carbocycles. The number of furan rings is 1. The topological polar surface area (TPSA) is 16.4 Å². The molecular formula is C64H43NO. The van der Waals surface area contributed by atoms with Crippen molar-refractivity contribution in [1.82, 2.24) is 0 Å². The van der Waals surface area contributed by atoms with Crippen molar-refractivity contribution in [3.8, 4) is 66.8 Å². The van der Waals surface area contributed by atoms with E-state index in [1.807, 2.05) is 6.07 Å². The van der Waals surface area contributed by atoms with Crippen LogP contribution in [-0.4, -0.2) is 0 Å². The molecule has 0 aliphatic heterocycles. The first-order valence-electron chi connectivity index (χ1n) is 22.6. The van der Waals surface area contributed by atoms with Crippen molar-refractivity contribution in [2.75, 3.05) is 4.90 Å². The Balaban J connectivity index is 1.08. The Kier molecular flexibility index (Phi) is 9.89. The van der Waals surface area contributed by atoms with Crippen LogP contribution in [-0.2, 0) is 0 Å². The Morgan fingerprint density at radius 1 is 0.258 bits per heavy atom. The van der Waals surface area contributed by atoms with Gasteiger partial charge in [-0.25, -0.2) is 0 Å². The van der Waals surface area contributed by atoms with Gasteiger partial charge in [0.15, 0.2) is 0 Å². The highest BCUT2D eigenvalue weighted by Crippen LogP contribution is 2.48. The molecule has 0 radical (unpaired) electrons. The minimum absolute atomic E-state index is 0.889. The molecule has 0 saturated carbocycles. The Morgan fingerprint density at radius 3 is 1.61 bits per heavy atom. The van der Waals surface area contributed by atoms with Crippen LogP contribution in [0.4, 0.5) is 17.1 Å². The van der Waals surface area contributed by atoms with E-state index in [1.165, 1.54) is 49.7 Å². The summed E-state index contributed by atoms with van der Waals surface area (Å²) in [6.07, 6.45) is 0. The van der Waals surface area contributed by atoms with Crippen molar-refractivity contribution < 1.29 is 4.42 Å². The summed E-state index contributed by atoms with van der Waals surface area (Å²) in [4.78, 5) is 2.43. The van der Waals surface area contributed by atoms with E-state index in [0.29, 0.717) is 0 Å². The number of rotatable bonds is 9. The van der Waals surface area contributed by atoms with Crippen molar-refractivity contribution in [3.63, 3.8) is 0 Å². The monoisotopic (exact) mass is 841 g/mol. The highest BCUT2D eigenvalue weighted by Gasteiger charge is 2.22. The number of fused-ring (bicyclic) bond motifs is 4. The Morgan fingerprint density at radius 2 is 0.788 bits per heavy atom. The summed E-state index contributed by atoms with van der Waals surface area (Å²) >= 11 is 0. The van der Waals surface area contributed by atoms with Gasteiger partial charge in [0.25, 0.3) is 0 Å². The summed E-state index contributed by atoms with van der Waals surface area (Å²) in [5.74, 6) is 0. The summed E-state index contributed by atoms with van der Waals surface area (Å²) in [5.41, 5.74) is 18.7. The van der Waals surface area contributed by atoms with E-state index in [0.717, 1.165) is 66.8 Å². The number of anilines is 3. The smallest absolute Gasteiger partial charge is 0.143 e. The predicted octanol–water partition coefficient (Wildman–Crippen LogP) is 18.2. The maximum Gasteiger partial charge on any atom is 0.143 e. The van der Waals surface area contributed by atoms with Crippen molar-refractivity contribution in [2.24, 2.45) is 0 Å². The molecule has 1 heterocycles. The van der Waals surface area contributed by atoms with E-state index in [9.17, 15) is 0 Å². The van der Waals surface area contributed by atoms with Crippen LogP contribution in [0, 0.1) is 0 Å². The summed E-state index contributed by atoms with van der Waals surface area (Å²) < 4.78 is 6.60. The van der Waals surface area contributed by atoms with Gasteiger partial charge in [0, 0.05) is 33.3 Å².